The first-order valence-electron chi connectivity index (χ1n) is 8.07. The topological polar surface area (TPSA) is 77.5 Å². The van der Waals surface area contributed by atoms with E-state index in [0.29, 0.717) is 24.7 Å². The standard InChI is InChI=1S/C17H22FN5O/c1-12-20-6-7-23(12)16-5-4-13(9-15(16)18)10-21-17(19)22-11-14-3-2-8-24-14/h4-7,9,14H,2-3,8,10-11H2,1H3,(H3,19,21,22). The summed E-state index contributed by atoms with van der Waals surface area (Å²) in [5.41, 5.74) is 7.08. The predicted octanol–water partition coefficient (Wildman–Crippen LogP) is 1.90. The van der Waals surface area contributed by atoms with Crippen LogP contribution < -0.4 is 11.1 Å². The average Bonchev–Trinajstić information content (AvgIpc) is 3.23. The molecule has 3 N–H and O–H groups in total. The van der Waals surface area contributed by atoms with E-state index in [4.69, 9.17) is 10.5 Å². The minimum atomic E-state index is -0.310. The van der Waals surface area contributed by atoms with E-state index in [1.807, 2.05) is 13.0 Å². The minimum Gasteiger partial charge on any atom is -0.376 e. The second-order valence-corrected chi connectivity index (χ2v) is 5.85. The van der Waals surface area contributed by atoms with Gasteiger partial charge in [0.2, 0.25) is 0 Å². The van der Waals surface area contributed by atoms with Crippen LogP contribution in [0, 0.1) is 12.7 Å². The molecule has 3 rings (SSSR count). The molecule has 2 heterocycles. The number of hydrogen-bond donors (Lipinski definition) is 2. The highest BCUT2D eigenvalue weighted by Crippen LogP contribution is 2.17. The summed E-state index contributed by atoms with van der Waals surface area (Å²) in [5.74, 6) is 0.775. The van der Waals surface area contributed by atoms with Gasteiger partial charge in [0.25, 0.3) is 0 Å². The van der Waals surface area contributed by atoms with Crippen molar-refractivity contribution in [1.29, 1.82) is 0 Å². The van der Waals surface area contributed by atoms with Gasteiger partial charge < -0.3 is 20.4 Å². The van der Waals surface area contributed by atoms with Crippen LogP contribution in [-0.4, -0.2) is 34.8 Å². The minimum absolute atomic E-state index is 0.203. The van der Waals surface area contributed by atoms with Crippen LogP contribution in [0.5, 0.6) is 0 Å². The lowest BCUT2D eigenvalue weighted by Crippen LogP contribution is -2.37. The number of aliphatic imine (C=N–C) groups is 1. The van der Waals surface area contributed by atoms with Gasteiger partial charge in [0, 0.05) is 25.5 Å². The molecule has 0 bridgehead atoms. The van der Waals surface area contributed by atoms with Crippen molar-refractivity contribution >= 4 is 5.96 Å². The van der Waals surface area contributed by atoms with Crippen molar-refractivity contribution in [3.05, 3.63) is 47.8 Å². The molecular formula is C17H22FN5O. The van der Waals surface area contributed by atoms with E-state index in [0.717, 1.165) is 30.8 Å². The molecule has 1 aromatic carbocycles. The van der Waals surface area contributed by atoms with Crippen LogP contribution in [-0.2, 0) is 11.3 Å². The summed E-state index contributed by atoms with van der Waals surface area (Å²) >= 11 is 0. The smallest absolute Gasteiger partial charge is 0.189 e. The third kappa shape index (κ3) is 3.91. The number of aryl methyl sites for hydroxylation is 1. The Hall–Kier alpha value is -2.41. The van der Waals surface area contributed by atoms with Crippen LogP contribution in [0.3, 0.4) is 0 Å². The Morgan fingerprint density at radius 1 is 1.54 bits per heavy atom. The van der Waals surface area contributed by atoms with Crippen LogP contribution in [0.1, 0.15) is 24.2 Å². The van der Waals surface area contributed by atoms with Gasteiger partial charge in [0.1, 0.15) is 11.6 Å². The molecule has 2 aromatic rings. The molecule has 128 valence electrons. The molecule has 1 aliphatic heterocycles. The first kappa shape index (κ1) is 16.4. The summed E-state index contributed by atoms with van der Waals surface area (Å²) in [6.45, 7) is 3.62. The number of rotatable bonds is 5. The van der Waals surface area contributed by atoms with Crippen molar-refractivity contribution in [2.45, 2.75) is 32.4 Å². The molecule has 24 heavy (non-hydrogen) atoms. The highest BCUT2D eigenvalue weighted by atomic mass is 19.1. The molecular weight excluding hydrogens is 309 g/mol. The third-order valence-corrected chi connectivity index (χ3v) is 4.06. The van der Waals surface area contributed by atoms with Crippen molar-refractivity contribution in [1.82, 2.24) is 14.9 Å². The van der Waals surface area contributed by atoms with Gasteiger partial charge in [-0.25, -0.2) is 14.4 Å². The van der Waals surface area contributed by atoms with Crippen LogP contribution in [0.25, 0.3) is 5.69 Å². The fourth-order valence-electron chi connectivity index (χ4n) is 2.73. The average molecular weight is 331 g/mol. The zero-order valence-corrected chi connectivity index (χ0v) is 13.7. The van der Waals surface area contributed by atoms with Gasteiger partial charge in [0.05, 0.1) is 18.3 Å². The number of hydrogen-bond acceptors (Lipinski definition) is 3. The lowest BCUT2D eigenvalue weighted by atomic mass is 10.2. The van der Waals surface area contributed by atoms with Gasteiger partial charge in [-0.05, 0) is 37.5 Å². The summed E-state index contributed by atoms with van der Waals surface area (Å²) in [4.78, 5) is 8.36. The molecule has 7 heteroatoms. The molecule has 1 unspecified atom stereocenters. The highest BCUT2D eigenvalue weighted by molar-refractivity contribution is 5.77. The molecule has 0 amide bonds. The molecule has 0 saturated carbocycles. The molecule has 0 spiro atoms. The fourth-order valence-corrected chi connectivity index (χ4v) is 2.73. The monoisotopic (exact) mass is 331 g/mol. The van der Waals surface area contributed by atoms with Crippen LogP contribution in [0.15, 0.2) is 35.6 Å². The number of halogens is 1. The number of ether oxygens (including phenoxy) is 1. The van der Waals surface area contributed by atoms with Crippen molar-refractivity contribution in [3.8, 4) is 5.69 Å². The second kappa shape index (κ2) is 7.44. The third-order valence-electron chi connectivity index (χ3n) is 4.06. The van der Waals surface area contributed by atoms with E-state index in [1.54, 1.807) is 23.0 Å². The molecule has 1 aliphatic rings. The lowest BCUT2D eigenvalue weighted by molar-refractivity contribution is 0.114. The molecule has 0 radical (unpaired) electrons. The normalized spacial score (nSPS) is 18.1. The fraction of sp³-hybridized carbons (Fsp3) is 0.412. The van der Waals surface area contributed by atoms with E-state index in [-0.39, 0.29) is 11.9 Å². The second-order valence-electron chi connectivity index (χ2n) is 5.85. The molecule has 6 nitrogen and oxygen atoms in total. The van der Waals surface area contributed by atoms with E-state index < -0.39 is 0 Å². The first-order chi connectivity index (χ1) is 11.6. The zero-order valence-electron chi connectivity index (χ0n) is 13.7. The number of nitrogens with zero attached hydrogens (tertiary/aromatic N) is 3. The Morgan fingerprint density at radius 2 is 2.42 bits per heavy atom. The van der Waals surface area contributed by atoms with Crippen LogP contribution >= 0.6 is 0 Å². The molecule has 1 saturated heterocycles. The van der Waals surface area contributed by atoms with E-state index >= 15 is 0 Å². The molecule has 1 atom stereocenters. The summed E-state index contributed by atoms with van der Waals surface area (Å²) in [7, 11) is 0. The quantitative estimate of drug-likeness (QED) is 0.648. The van der Waals surface area contributed by atoms with Crippen molar-refractivity contribution in [2.75, 3.05) is 13.2 Å². The maximum absolute atomic E-state index is 14.3. The number of aromatic nitrogens is 2. The van der Waals surface area contributed by atoms with Crippen molar-refractivity contribution < 1.29 is 9.13 Å². The zero-order chi connectivity index (χ0) is 16.9. The van der Waals surface area contributed by atoms with Gasteiger partial charge in [-0.2, -0.15) is 0 Å². The number of guanidine groups is 1. The number of benzene rings is 1. The van der Waals surface area contributed by atoms with E-state index in [2.05, 4.69) is 15.3 Å². The Bertz CT molecular complexity index is 722. The van der Waals surface area contributed by atoms with Gasteiger partial charge in [-0.1, -0.05) is 6.07 Å². The van der Waals surface area contributed by atoms with Crippen molar-refractivity contribution in [2.24, 2.45) is 10.7 Å². The lowest BCUT2D eigenvalue weighted by Gasteiger charge is -2.11. The Kier molecular flexibility index (Phi) is 5.10. The van der Waals surface area contributed by atoms with Gasteiger partial charge in [-0.15, -0.1) is 0 Å². The van der Waals surface area contributed by atoms with Crippen molar-refractivity contribution in [3.63, 3.8) is 0 Å². The Labute approximate surface area is 140 Å². The van der Waals surface area contributed by atoms with Gasteiger partial charge in [-0.3, -0.25) is 0 Å². The van der Waals surface area contributed by atoms with Gasteiger partial charge in [0.15, 0.2) is 5.96 Å². The number of nitrogens with two attached hydrogens (primary N) is 1. The first-order valence-corrected chi connectivity index (χ1v) is 8.07. The number of nitrogens with one attached hydrogen (secondary N) is 1. The molecule has 0 aliphatic carbocycles. The highest BCUT2D eigenvalue weighted by Gasteiger charge is 2.15. The van der Waals surface area contributed by atoms with Crippen LogP contribution in [0.4, 0.5) is 4.39 Å². The summed E-state index contributed by atoms with van der Waals surface area (Å²) in [5, 5.41) is 3.05. The van der Waals surface area contributed by atoms with E-state index in [9.17, 15) is 4.39 Å². The van der Waals surface area contributed by atoms with E-state index in [1.165, 1.54) is 6.07 Å². The maximum Gasteiger partial charge on any atom is 0.189 e. The number of imidazole rings is 1. The molecule has 1 aromatic heterocycles. The Balaban J connectivity index is 1.60. The Morgan fingerprint density at radius 3 is 3.08 bits per heavy atom. The summed E-state index contributed by atoms with van der Waals surface area (Å²) in [6.07, 6.45) is 5.71. The summed E-state index contributed by atoms with van der Waals surface area (Å²) in [6, 6.07) is 5.05. The predicted molar refractivity (Wildman–Crippen MR) is 90.6 cm³/mol. The van der Waals surface area contributed by atoms with Gasteiger partial charge >= 0.3 is 0 Å². The maximum atomic E-state index is 14.3. The largest absolute Gasteiger partial charge is 0.376 e. The SMILES string of the molecule is Cc1nccn1-c1ccc(CN=C(N)NCC2CCCO2)cc1F. The van der Waals surface area contributed by atoms with Crippen LogP contribution in [0.2, 0.25) is 0 Å². The summed E-state index contributed by atoms with van der Waals surface area (Å²) < 4.78 is 21.5. The molecule has 1 fully saturated rings.